The molecule has 0 bridgehead atoms. The van der Waals surface area contributed by atoms with Crippen LogP contribution in [0, 0.1) is 5.41 Å². The van der Waals surface area contributed by atoms with Crippen LogP contribution in [-0.4, -0.2) is 11.2 Å². The number of anilines is 3. The topological polar surface area (TPSA) is 74.8 Å². The Labute approximate surface area is 126 Å². The van der Waals surface area contributed by atoms with Gasteiger partial charge in [0.15, 0.2) is 5.13 Å². The van der Waals surface area contributed by atoms with Gasteiger partial charge in [-0.15, -0.1) is 0 Å². The van der Waals surface area contributed by atoms with Gasteiger partial charge in [-0.25, -0.2) is 4.98 Å². The monoisotopic (exact) mass is 294 g/mol. The highest BCUT2D eigenvalue weighted by atomic mass is 32.1. The Balaban J connectivity index is 1.83. The summed E-state index contributed by atoms with van der Waals surface area (Å²) in [5.41, 5.74) is 9.10. The van der Waals surface area contributed by atoms with Crippen molar-refractivity contribution in [2.75, 3.05) is 11.1 Å². The molecule has 0 saturated heterocycles. The number of nitrogen functional groups attached to an aromatic ring is 1. The lowest BCUT2D eigenvalue weighted by Gasteiger charge is -2.05. The van der Waals surface area contributed by atoms with E-state index < -0.39 is 0 Å². The van der Waals surface area contributed by atoms with Crippen LogP contribution in [0.2, 0.25) is 0 Å². The van der Waals surface area contributed by atoms with Gasteiger partial charge in [0.2, 0.25) is 0 Å². The zero-order chi connectivity index (χ0) is 14.7. The minimum atomic E-state index is 0.597. The van der Waals surface area contributed by atoms with Gasteiger partial charge in [0.05, 0.1) is 4.88 Å². The summed E-state index contributed by atoms with van der Waals surface area (Å²) in [6, 6.07) is 15.7. The van der Waals surface area contributed by atoms with Crippen molar-refractivity contribution >= 4 is 34.1 Å². The third kappa shape index (κ3) is 2.93. The van der Waals surface area contributed by atoms with E-state index in [0.717, 1.165) is 21.3 Å². The summed E-state index contributed by atoms with van der Waals surface area (Å²) < 4.78 is 0. The molecular formula is C16H14N4S. The molecule has 0 spiro atoms. The molecule has 104 valence electrons. The van der Waals surface area contributed by atoms with Crippen LogP contribution in [0.1, 0.15) is 5.56 Å². The second-order valence-electron chi connectivity index (χ2n) is 4.51. The minimum Gasteiger partial charge on any atom is -0.398 e. The van der Waals surface area contributed by atoms with Crippen LogP contribution in [0.4, 0.5) is 16.5 Å². The van der Waals surface area contributed by atoms with E-state index in [1.54, 1.807) is 17.4 Å². The lowest BCUT2D eigenvalue weighted by atomic mass is 10.2. The van der Waals surface area contributed by atoms with Gasteiger partial charge in [0, 0.05) is 29.3 Å². The van der Waals surface area contributed by atoms with Crippen LogP contribution >= 0.6 is 11.3 Å². The predicted molar refractivity (Wildman–Crippen MR) is 89.6 cm³/mol. The third-order valence-electron chi connectivity index (χ3n) is 3.06. The number of thiazole rings is 1. The maximum atomic E-state index is 7.33. The van der Waals surface area contributed by atoms with Gasteiger partial charge in [0.1, 0.15) is 0 Å². The van der Waals surface area contributed by atoms with Gasteiger partial charge < -0.3 is 16.5 Å². The number of hydrogen-bond acceptors (Lipinski definition) is 5. The number of aromatic nitrogens is 1. The molecule has 1 aromatic heterocycles. The molecule has 3 aromatic rings. The second-order valence-corrected chi connectivity index (χ2v) is 5.54. The fourth-order valence-corrected chi connectivity index (χ4v) is 2.81. The molecule has 2 aromatic carbocycles. The van der Waals surface area contributed by atoms with E-state index in [4.69, 9.17) is 11.1 Å². The molecule has 4 N–H and O–H groups in total. The molecule has 0 radical (unpaired) electrons. The first-order valence-corrected chi connectivity index (χ1v) is 7.26. The first-order chi connectivity index (χ1) is 10.3. The molecule has 5 heteroatoms. The Morgan fingerprint density at radius 1 is 1.14 bits per heavy atom. The van der Waals surface area contributed by atoms with Gasteiger partial charge in [0.25, 0.3) is 0 Å². The van der Waals surface area contributed by atoms with E-state index in [-0.39, 0.29) is 0 Å². The first kappa shape index (κ1) is 13.3. The van der Waals surface area contributed by atoms with Crippen LogP contribution in [0.15, 0.2) is 54.7 Å². The maximum Gasteiger partial charge on any atom is 0.187 e. The van der Waals surface area contributed by atoms with Crippen molar-refractivity contribution in [2.45, 2.75) is 0 Å². The van der Waals surface area contributed by atoms with Crippen molar-refractivity contribution in [3.05, 3.63) is 60.3 Å². The fraction of sp³-hybridized carbons (Fsp3) is 0. The standard InChI is InChI=1S/C16H14N4S/c17-9-12-8-13(6-7-14(12)18)20-16-19-10-15(21-16)11-4-2-1-3-5-11/h1-10,17H,18H2,(H,19,20). The van der Waals surface area contributed by atoms with Crippen LogP contribution in [0.3, 0.4) is 0 Å². The molecule has 1 heterocycles. The highest BCUT2D eigenvalue weighted by Crippen LogP contribution is 2.30. The summed E-state index contributed by atoms with van der Waals surface area (Å²) >= 11 is 1.59. The molecule has 0 fully saturated rings. The number of hydrogen-bond donors (Lipinski definition) is 3. The van der Waals surface area contributed by atoms with E-state index in [2.05, 4.69) is 22.4 Å². The normalized spacial score (nSPS) is 10.3. The Morgan fingerprint density at radius 3 is 2.71 bits per heavy atom. The average molecular weight is 294 g/mol. The Hall–Kier alpha value is -2.66. The molecule has 4 nitrogen and oxygen atoms in total. The molecule has 0 amide bonds. The van der Waals surface area contributed by atoms with Crippen LogP contribution in [0.25, 0.3) is 10.4 Å². The summed E-state index contributed by atoms with van der Waals surface area (Å²) in [4.78, 5) is 5.50. The molecule has 0 unspecified atom stereocenters. The quantitative estimate of drug-likeness (QED) is 0.500. The van der Waals surface area contributed by atoms with Gasteiger partial charge in [-0.05, 0) is 23.8 Å². The SMILES string of the molecule is N=Cc1cc(Nc2ncc(-c3ccccc3)s2)ccc1N. The minimum absolute atomic E-state index is 0.597. The Kier molecular flexibility index (Phi) is 3.66. The predicted octanol–water partition coefficient (Wildman–Crippen LogP) is 4.13. The van der Waals surface area contributed by atoms with Crippen molar-refractivity contribution in [3.63, 3.8) is 0 Å². The molecule has 0 aliphatic carbocycles. The lowest BCUT2D eigenvalue weighted by molar-refractivity contribution is 1.39. The highest BCUT2D eigenvalue weighted by Gasteiger charge is 2.05. The van der Waals surface area contributed by atoms with Gasteiger partial charge in [-0.3, -0.25) is 0 Å². The number of nitrogens with two attached hydrogens (primary N) is 1. The molecule has 0 saturated carbocycles. The average Bonchev–Trinajstić information content (AvgIpc) is 2.98. The smallest absolute Gasteiger partial charge is 0.187 e. The molecule has 0 aliphatic rings. The van der Waals surface area contributed by atoms with Gasteiger partial charge >= 0.3 is 0 Å². The van der Waals surface area contributed by atoms with E-state index in [1.807, 2.05) is 36.5 Å². The maximum absolute atomic E-state index is 7.33. The second kappa shape index (κ2) is 5.76. The molecule has 0 aliphatic heterocycles. The highest BCUT2D eigenvalue weighted by molar-refractivity contribution is 7.18. The van der Waals surface area contributed by atoms with Crippen molar-refractivity contribution in [2.24, 2.45) is 0 Å². The zero-order valence-corrected chi connectivity index (χ0v) is 12.0. The number of rotatable bonds is 4. The van der Waals surface area contributed by atoms with Gasteiger partial charge in [-0.2, -0.15) is 0 Å². The summed E-state index contributed by atoms with van der Waals surface area (Å²) in [6.07, 6.45) is 3.11. The largest absolute Gasteiger partial charge is 0.398 e. The third-order valence-corrected chi connectivity index (χ3v) is 4.02. The van der Waals surface area contributed by atoms with Gasteiger partial charge in [-0.1, -0.05) is 41.7 Å². The zero-order valence-electron chi connectivity index (χ0n) is 11.2. The molecule has 3 rings (SSSR count). The van der Waals surface area contributed by atoms with Crippen molar-refractivity contribution in [1.82, 2.24) is 4.98 Å². The number of benzene rings is 2. The van der Waals surface area contributed by atoms with E-state index in [1.165, 1.54) is 6.21 Å². The fourth-order valence-electron chi connectivity index (χ4n) is 1.97. The molecule has 21 heavy (non-hydrogen) atoms. The first-order valence-electron chi connectivity index (χ1n) is 6.44. The van der Waals surface area contributed by atoms with E-state index >= 15 is 0 Å². The molecule has 0 atom stereocenters. The van der Waals surface area contributed by atoms with Crippen LogP contribution < -0.4 is 11.1 Å². The summed E-state index contributed by atoms with van der Waals surface area (Å²) in [7, 11) is 0. The van der Waals surface area contributed by atoms with Crippen LogP contribution in [0.5, 0.6) is 0 Å². The number of nitrogens with one attached hydrogen (secondary N) is 2. The summed E-state index contributed by atoms with van der Waals surface area (Å²) in [5.74, 6) is 0. The molecular weight excluding hydrogens is 280 g/mol. The summed E-state index contributed by atoms with van der Waals surface area (Å²) in [6.45, 7) is 0. The van der Waals surface area contributed by atoms with Crippen molar-refractivity contribution < 1.29 is 0 Å². The summed E-state index contributed by atoms with van der Waals surface area (Å²) in [5, 5.41) is 11.4. The van der Waals surface area contributed by atoms with E-state index in [0.29, 0.717) is 11.3 Å². The van der Waals surface area contributed by atoms with E-state index in [9.17, 15) is 0 Å². The lowest BCUT2D eigenvalue weighted by Crippen LogP contribution is -1.95. The van der Waals surface area contributed by atoms with Crippen LogP contribution in [-0.2, 0) is 0 Å². The van der Waals surface area contributed by atoms with Crippen molar-refractivity contribution in [1.29, 1.82) is 5.41 Å². The Morgan fingerprint density at radius 2 is 1.95 bits per heavy atom. The van der Waals surface area contributed by atoms with Crippen molar-refractivity contribution in [3.8, 4) is 10.4 Å². The Bertz CT molecular complexity index is 765. The number of nitrogens with zero attached hydrogens (tertiary/aromatic N) is 1.